The van der Waals surface area contributed by atoms with Crippen LogP contribution in [-0.4, -0.2) is 83.9 Å². The molecule has 0 aromatic carbocycles. The zero-order chi connectivity index (χ0) is 22.2. The van der Waals surface area contributed by atoms with Crippen LogP contribution in [0, 0.1) is 0 Å². The lowest BCUT2D eigenvalue weighted by Crippen LogP contribution is -2.45. The van der Waals surface area contributed by atoms with Gasteiger partial charge in [-0.15, -0.1) is 0 Å². The molecule has 1 aliphatic rings. The molecule has 8 heteroatoms. The summed E-state index contributed by atoms with van der Waals surface area (Å²) in [5.41, 5.74) is 2.92. The second-order valence-electron chi connectivity index (χ2n) is 8.34. The zero-order valence-corrected chi connectivity index (χ0v) is 19.1. The van der Waals surface area contributed by atoms with Crippen molar-refractivity contribution in [1.29, 1.82) is 0 Å². The van der Waals surface area contributed by atoms with Gasteiger partial charge in [0.1, 0.15) is 11.3 Å². The third-order valence-electron chi connectivity index (χ3n) is 6.06. The predicted octanol–water partition coefficient (Wildman–Crippen LogP) is 1.94. The first-order valence-corrected chi connectivity index (χ1v) is 11.4. The molecule has 174 valence electrons. The standard InChI is InChI=1S/C23H38N4O4/c1-17(14-24-10-12-28)27(18-6-7-18)20(16-29)19-15-26(11-4-5-13-30-2)23-21(31-3)8-9-25-22(19)23/h8-9,15,17-18,20,24,28-29H,4-7,10-14,16H2,1-3H3/t17-,20+/m1/s1. The normalized spacial score (nSPS) is 16.2. The van der Waals surface area contributed by atoms with Gasteiger partial charge in [0.25, 0.3) is 0 Å². The van der Waals surface area contributed by atoms with Gasteiger partial charge in [0.05, 0.1) is 31.9 Å². The van der Waals surface area contributed by atoms with E-state index < -0.39 is 0 Å². The average molecular weight is 435 g/mol. The highest BCUT2D eigenvalue weighted by Crippen LogP contribution is 2.40. The summed E-state index contributed by atoms with van der Waals surface area (Å²) in [4.78, 5) is 7.13. The molecule has 0 bridgehead atoms. The molecule has 0 spiro atoms. The maximum atomic E-state index is 10.5. The van der Waals surface area contributed by atoms with Crippen molar-refractivity contribution in [3.05, 3.63) is 24.0 Å². The molecule has 0 radical (unpaired) electrons. The van der Waals surface area contributed by atoms with Crippen LogP contribution in [0.5, 0.6) is 5.75 Å². The van der Waals surface area contributed by atoms with Crippen LogP contribution in [0.25, 0.3) is 11.0 Å². The molecule has 1 saturated carbocycles. The van der Waals surface area contributed by atoms with E-state index >= 15 is 0 Å². The highest BCUT2D eigenvalue weighted by Gasteiger charge is 2.38. The number of fused-ring (bicyclic) bond motifs is 1. The van der Waals surface area contributed by atoms with Gasteiger partial charge < -0.3 is 29.6 Å². The van der Waals surface area contributed by atoms with Crippen LogP contribution in [-0.2, 0) is 11.3 Å². The Morgan fingerprint density at radius 2 is 2.10 bits per heavy atom. The maximum absolute atomic E-state index is 10.5. The molecule has 2 atom stereocenters. The number of aliphatic hydroxyl groups is 2. The first-order chi connectivity index (χ1) is 15.2. The van der Waals surface area contributed by atoms with E-state index in [1.807, 2.05) is 6.07 Å². The largest absolute Gasteiger partial charge is 0.494 e. The average Bonchev–Trinajstić information content (AvgIpc) is 3.55. The minimum absolute atomic E-state index is 0.0303. The Labute approximate surface area is 185 Å². The Morgan fingerprint density at radius 3 is 2.74 bits per heavy atom. The number of nitrogens with zero attached hydrogens (tertiary/aromatic N) is 3. The highest BCUT2D eigenvalue weighted by atomic mass is 16.5. The van der Waals surface area contributed by atoms with Crippen molar-refractivity contribution in [3.63, 3.8) is 0 Å². The number of hydrogen-bond acceptors (Lipinski definition) is 7. The summed E-state index contributed by atoms with van der Waals surface area (Å²) < 4.78 is 13.1. The minimum Gasteiger partial charge on any atom is -0.494 e. The first-order valence-electron chi connectivity index (χ1n) is 11.4. The van der Waals surface area contributed by atoms with Gasteiger partial charge in [-0.1, -0.05) is 0 Å². The third kappa shape index (κ3) is 5.75. The molecule has 1 fully saturated rings. The van der Waals surface area contributed by atoms with Gasteiger partial charge in [0.2, 0.25) is 0 Å². The van der Waals surface area contributed by atoms with Crippen molar-refractivity contribution in [1.82, 2.24) is 19.8 Å². The molecule has 1 aliphatic carbocycles. The molecule has 2 heterocycles. The molecule has 0 amide bonds. The van der Waals surface area contributed by atoms with Crippen molar-refractivity contribution in [2.24, 2.45) is 0 Å². The van der Waals surface area contributed by atoms with E-state index in [0.29, 0.717) is 12.6 Å². The first kappa shape index (κ1) is 23.9. The lowest BCUT2D eigenvalue weighted by Gasteiger charge is -2.36. The Kier molecular flexibility index (Phi) is 9.10. The summed E-state index contributed by atoms with van der Waals surface area (Å²) in [6.45, 7) is 5.27. The molecular weight excluding hydrogens is 396 g/mol. The smallest absolute Gasteiger partial charge is 0.146 e. The van der Waals surface area contributed by atoms with Crippen LogP contribution in [0.1, 0.15) is 44.2 Å². The second-order valence-corrected chi connectivity index (χ2v) is 8.34. The number of aryl methyl sites for hydroxylation is 1. The van der Waals surface area contributed by atoms with Gasteiger partial charge in [-0.05, 0) is 32.6 Å². The quantitative estimate of drug-likeness (QED) is 0.369. The van der Waals surface area contributed by atoms with Gasteiger partial charge in [0.15, 0.2) is 0 Å². The van der Waals surface area contributed by atoms with Gasteiger partial charge in [-0.3, -0.25) is 9.88 Å². The van der Waals surface area contributed by atoms with E-state index in [4.69, 9.17) is 19.6 Å². The Bertz CT molecular complexity index is 808. The van der Waals surface area contributed by atoms with Crippen LogP contribution in [0.3, 0.4) is 0 Å². The molecule has 3 N–H and O–H groups in total. The molecule has 2 aromatic heterocycles. The number of nitrogens with one attached hydrogen (secondary N) is 1. The van der Waals surface area contributed by atoms with Gasteiger partial charge in [-0.2, -0.15) is 0 Å². The third-order valence-corrected chi connectivity index (χ3v) is 6.06. The predicted molar refractivity (Wildman–Crippen MR) is 122 cm³/mol. The van der Waals surface area contributed by atoms with Crippen LogP contribution >= 0.6 is 0 Å². The van der Waals surface area contributed by atoms with Gasteiger partial charge >= 0.3 is 0 Å². The number of aliphatic hydroxyl groups excluding tert-OH is 2. The molecule has 0 saturated heterocycles. The Balaban J connectivity index is 1.94. The molecule has 0 unspecified atom stereocenters. The minimum atomic E-state index is -0.138. The summed E-state index contributed by atoms with van der Waals surface area (Å²) in [5, 5.41) is 22.9. The van der Waals surface area contributed by atoms with E-state index in [0.717, 1.165) is 67.7 Å². The summed E-state index contributed by atoms with van der Waals surface area (Å²) >= 11 is 0. The van der Waals surface area contributed by atoms with E-state index in [-0.39, 0.29) is 25.3 Å². The van der Waals surface area contributed by atoms with Crippen LogP contribution in [0.15, 0.2) is 18.5 Å². The second kappa shape index (κ2) is 11.8. The van der Waals surface area contributed by atoms with E-state index in [1.165, 1.54) is 0 Å². The Morgan fingerprint density at radius 1 is 1.29 bits per heavy atom. The number of hydrogen-bond donors (Lipinski definition) is 3. The van der Waals surface area contributed by atoms with Crippen LogP contribution in [0.2, 0.25) is 0 Å². The number of methoxy groups -OCH3 is 2. The number of rotatable bonds is 15. The van der Waals surface area contributed by atoms with E-state index in [9.17, 15) is 5.11 Å². The van der Waals surface area contributed by atoms with Gasteiger partial charge in [0, 0.05) is 69.5 Å². The number of pyridine rings is 1. The SMILES string of the molecule is COCCCCn1cc([C@H](CO)N(C2CC2)[C@H](C)CNCCO)c2nccc(OC)c21. The fourth-order valence-electron chi connectivity index (χ4n) is 4.48. The lowest BCUT2D eigenvalue weighted by atomic mass is 10.1. The summed E-state index contributed by atoms with van der Waals surface area (Å²) in [7, 11) is 3.41. The Hall–Kier alpha value is -1.71. The monoisotopic (exact) mass is 434 g/mol. The number of unbranched alkanes of at least 4 members (excludes halogenated alkanes) is 1. The van der Waals surface area contributed by atoms with Crippen molar-refractivity contribution in [3.8, 4) is 5.75 Å². The van der Waals surface area contributed by atoms with E-state index in [1.54, 1.807) is 20.4 Å². The molecule has 8 nitrogen and oxygen atoms in total. The van der Waals surface area contributed by atoms with Crippen LogP contribution in [0.4, 0.5) is 0 Å². The number of ether oxygens (including phenoxy) is 2. The summed E-state index contributed by atoms with van der Waals surface area (Å²) in [5.74, 6) is 0.801. The van der Waals surface area contributed by atoms with Gasteiger partial charge in [-0.25, -0.2) is 0 Å². The lowest BCUT2D eigenvalue weighted by molar-refractivity contribution is 0.0804. The molecule has 31 heavy (non-hydrogen) atoms. The topological polar surface area (TPSA) is 92.0 Å². The van der Waals surface area contributed by atoms with Crippen molar-refractivity contribution in [2.75, 3.05) is 47.1 Å². The van der Waals surface area contributed by atoms with Crippen molar-refractivity contribution in [2.45, 2.75) is 57.3 Å². The molecular formula is C23H38N4O4. The maximum Gasteiger partial charge on any atom is 0.146 e. The summed E-state index contributed by atoms with van der Waals surface area (Å²) in [6, 6.07) is 2.45. The molecule has 3 rings (SSSR count). The zero-order valence-electron chi connectivity index (χ0n) is 19.1. The van der Waals surface area contributed by atoms with Crippen LogP contribution < -0.4 is 10.1 Å². The molecule has 2 aromatic rings. The fraction of sp³-hybridized carbons (Fsp3) is 0.696. The van der Waals surface area contributed by atoms with Crippen molar-refractivity contribution >= 4 is 11.0 Å². The van der Waals surface area contributed by atoms with E-state index in [2.05, 4.69) is 27.9 Å². The summed E-state index contributed by atoms with van der Waals surface area (Å²) in [6.07, 6.45) is 8.20. The highest BCUT2D eigenvalue weighted by molar-refractivity contribution is 5.86. The van der Waals surface area contributed by atoms with Crippen molar-refractivity contribution < 1.29 is 19.7 Å². The molecule has 0 aliphatic heterocycles. The fourth-order valence-corrected chi connectivity index (χ4v) is 4.48. The number of aromatic nitrogens is 2.